The summed E-state index contributed by atoms with van der Waals surface area (Å²) < 4.78 is 0.848. The van der Waals surface area contributed by atoms with E-state index in [4.69, 9.17) is 0 Å². The average Bonchev–Trinajstić information content (AvgIpc) is 2.74. The summed E-state index contributed by atoms with van der Waals surface area (Å²) in [6, 6.07) is 0. The third kappa shape index (κ3) is 3.07. The number of hydrogen-bond donors (Lipinski definition) is 3. The zero-order valence-corrected chi connectivity index (χ0v) is 11.4. The van der Waals surface area contributed by atoms with E-state index in [-0.39, 0.29) is 6.10 Å². The lowest BCUT2D eigenvalue weighted by Gasteiger charge is -2.13. The second-order valence-electron chi connectivity index (χ2n) is 4.35. The first-order valence-electron chi connectivity index (χ1n) is 5.81. The first kappa shape index (κ1) is 12.6. The smallest absolute Gasteiger partial charge is 0.145 e. The maximum absolute atomic E-state index is 9.46. The van der Waals surface area contributed by atoms with E-state index >= 15 is 0 Å². The second kappa shape index (κ2) is 5.64. The van der Waals surface area contributed by atoms with Gasteiger partial charge in [-0.05, 0) is 41.1 Å². The summed E-state index contributed by atoms with van der Waals surface area (Å²) in [6.45, 7) is 0.843. The van der Waals surface area contributed by atoms with Crippen LogP contribution in [0.1, 0.15) is 19.3 Å². The van der Waals surface area contributed by atoms with Crippen molar-refractivity contribution in [1.82, 2.24) is 9.97 Å². The van der Waals surface area contributed by atoms with Crippen molar-refractivity contribution in [2.24, 2.45) is 5.92 Å². The van der Waals surface area contributed by atoms with Crippen LogP contribution >= 0.6 is 15.9 Å². The predicted molar refractivity (Wildman–Crippen MR) is 71.1 cm³/mol. The summed E-state index contributed by atoms with van der Waals surface area (Å²) in [5.41, 5.74) is 0. The summed E-state index contributed by atoms with van der Waals surface area (Å²) >= 11 is 3.46. The van der Waals surface area contributed by atoms with Gasteiger partial charge in [0.25, 0.3) is 0 Å². The Kier molecular flexibility index (Phi) is 4.17. The minimum Gasteiger partial charge on any atom is -0.393 e. The molecular weight excluding hydrogens is 284 g/mol. The Hall–Kier alpha value is -0.880. The minimum atomic E-state index is -0.122. The molecule has 1 aromatic heterocycles. The lowest BCUT2D eigenvalue weighted by atomic mass is 10.1. The van der Waals surface area contributed by atoms with Gasteiger partial charge >= 0.3 is 0 Å². The largest absolute Gasteiger partial charge is 0.393 e. The van der Waals surface area contributed by atoms with Crippen LogP contribution in [0.5, 0.6) is 0 Å². The number of nitrogens with one attached hydrogen (secondary N) is 2. The standard InChI is InChI=1S/C11H17BrN4O/c1-13-10-9(12)11(16-6-15-10)14-5-7-2-3-8(17)4-7/h6-8,17H,2-5H2,1H3,(H2,13,14,15,16). The van der Waals surface area contributed by atoms with Gasteiger partial charge in [0.1, 0.15) is 22.4 Å². The highest BCUT2D eigenvalue weighted by Gasteiger charge is 2.22. The normalized spacial score (nSPS) is 23.7. The van der Waals surface area contributed by atoms with Gasteiger partial charge in [-0.25, -0.2) is 9.97 Å². The van der Waals surface area contributed by atoms with Crippen molar-refractivity contribution in [3.63, 3.8) is 0 Å². The number of halogens is 1. The fraction of sp³-hybridized carbons (Fsp3) is 0.636. The zero-order chi connectivity index (χ0) is 12.3. The molecule has 1 aromatic rings. The molecule has 2 rings (SSSR count). The fourth-order valence-corrected chi connectivity index (χ4v) is 2.69. The second-order valence-corrected chi connectivity index (χ2v) is 5.14. The molecule has 1 aliphatic carbocycles. The van der Waals surface area contributed by atoms with E-state index < -0.39 is 0 Å². The van der Waals surface area contributed by atoms with Crippen molar-refractivity contribution in [2.75, 3.05) is 24.2 Å². The van der Waals surface area contributed by atoms with Crippen LogP contribution in [0.4, 0.5) is 11.6 Å². The van der Waals surface area contributed by atoms with Crippen LogP contribution in [-0.2, 0) is 0 Å². The van der Waals surface area contributed by atoms with Gasteiger partial charge in [0.2, 0.25) is 0 Å². The zero-order valence-electron chi connectivity index (χ0n) is 9.78. The number of anilines is 2. The Balaban J connectivity index is 1.95. The lowest BCUT2D eigenvalue weighted by Crippen LogP contribution is -2.14. The SMILES string of the molecule is CNc1ncnc(NCC2CCC(O)C2)c1Br. The van der Waals surface area contributed by atoms with Crippen molar-refractivity contribution in [3.8, 4) is 0 Å². The van der Waals surface area contributed by atoms with Gasteiger partial charge < -0.3 is 15.7 Å². The Bertz CT molecular complexity index is 388. The molecule has 0 aromatic carbocycles. The number of aliphatic hydroxyl groups excluding tert-OH is 1. The summed E-state index contributed by atoms with van der Waals surface area (Å²) in [4.78, 5) is 8.30. The van der Waals surface area contributed by atoms with E-state index in [0.717, 1.165) is 41.9 Å². The highest BCUT2D eigenvalue weighted by molar-refractivity contribution is 9.10. The molecule has 0 bridgehead atoms. The number of aromatic nitrogens is 2. The third-order valence-electron chi connectivity index (χ3n) is 3.10. The van der Waals surface area contributed by atoms with E-state index in [0.29, 0.717) is 5.92 Å². The van der Waals surface area contributed by atoms with Gasteiger partial charge in [0.05, 0.1) is 6.10 Å². The monoisotopic (exact) mass is 300 g/mol. The highest BCUT2D eigenvalue weighted by atomic mass is 79.9. The molecule has 1 aliphatic rings. The van der Waals surface area contributed by atoms with Crippen LogP contribution < -0.4 is 10.6 Å². The topological polar surface area (TPSA) is 70.1 Å². The van der Waals surface area contributed by atoms with Gasteiger partial charge in [0.15, 0.2) is 0 Å². The summed E-state index contributed by atoms with van der Waals surface area (Å²) in [5, 5.41) is 15.8. The Morgan fingerprint density at radius 3 is 2.82 bits per heavy atom. The molecule has 0 radical (unpaired) electrons. The van der Waals surface area contributed by atoms with Crippen molar-refractivity contribution in [2.45, 2.75) is 25.4 Å². The molecule has 2 atom stereocenters. The molecule has 1 fully saturated rings. The number of hydrogen-bond acceptors (Lipinski definition) is 5. The Labute approximate surface area is 109 Å². The first-order valence-corrected chi connectivity index (χ1v) is 6.60. The number of nitrogens with zero attached hydrogens (tertiary/aromatic N) is 2. The summed E-state index contributed by atoms with van der Waals surface area (Å²) in [6.07, 6.45) is 4.29. The molecule has 1 saturated carbocycles. The van der Waals surface area contributed by atoms with E-state index in [1.807, 2.05) is 7.05 Å². The van der Waals surface area contributed by atoms with Crippen LogP contribution in [-0.4, -0.2) is 34.8 Å². The molecule has 2 unspecified atom stereocenters. The van der Waals surface area contributed by atoms with Crippen molar-refractivity contribution < 1.29 is 5.11 Å². The molecule has 3 N–H and O–H groups in total. The van der Waals surface area contributed by atoms with Crippen LogP contribution in [0.15, 0.2) is 10.8 Å². The lowest BCUT2D eigenvalue weighted by molar-refractivity contribution is 0.178. The molecule has 6 heteroatoms. The van der Waals surface area contributed by atoms with Crippen molar-refractivity contribution >= 4 is 27.6 Å². The van der Waals surface area contributed by atoms with E-state index in [1.165, 1.54) is 6.33 Å². The Morgan fingerprint density at radius 1 is 1.41 bits per heavy atom. The van der Waals surface area contributed by atoms with Gasteiger partial charge in [-0.15, -0.1) is 0 Å². The number of aliphatic hydroxyl groups is 1. The van der Waals surface area contributed by atoms with Crippen LogP contribution in [0.2, 0.25) is 0 Å². The van der Waals surface area contributed by atoms with Gasteiger partial charge in [-0.3, -0.25) is 0 Å². The molecule has 5 nitrogen and oxygen atoms in total. The quantitative estimate of drug-likeness (QED) is 0.792. The molecule has 0 spiro atoms. The van der Waals surface area contributed by atoms with Crippen LogP contribution in [0, 0.1) is 5.92 Å². The van der Waals surface area contributed by atoms with Gasteiger partial charge in [-0.1, -0.05) is 0 Å². The van der Waals surface area contributed by atoms with Gasteiger partial charge in [0, 0.05) is 13.6 Å². The van der Waals surface area contributed by atoms with Gasteiger partial charge in [-0.2, -0.15) is 0 Å². The molecule has 17 heavy (non-hydrogen) atoms. The Morgan fingerprint density at radius 2 is 2.18 bits per heavy atom. The van der Waals surface area contributed by atoms with Crippen LogP contribution in [0.25, 0.3) is 0 Å². The fourth-order valence-electron chi connectivity index (χ4n) is 2.14. The van der Waals surface area contributed by atoms with Crippen molar-refractivity contribution in [3.05, 3.63) is 10.8 Å². The highest BCUT2D eigenvalue weighted by Crippen LogP contribution is 2.29. The molecule has 94 valence electrons. The minimum absolute atomic E-state index is 0.122. The molecule has 0 amide bonds. The summed E-state index contributed by atoms with van der Waals surface area (Å²) in [5.74, 6) is 2.10. The molecular formula is C11H17BrN4O. The van der Waals surface area contributed by atoms with E-state index in [1.54, 1.807) is 0 Å². The maximum Gasteiger partial charge on any atom is 0.145 e. The van der Waals surface area contributed by atoms with Crippen molar-refractivity contribution in [1.29, 1.82) is 0 Å². The maximum atomic E-state index is 9.46. The predicted octanol–water partition coefficient (Wildman–Crippen LogP) is 1.85. The van der Waals surface area contributed by atoms with E-state index in [2.05, 4.69) is 36.5 Å². The molecule has 0 aliphatic heterocycles. The van der Waals surface area contributed by atoms with E-state index in [9.17, 15) is 5.11 Å². The summed E-state index contributed by atoms with van der Waals surface area (Å²) in [7, 11) is 1.82. The molecule has 1 heterocycles. The number of rotatable bonds is 4. The first-order chi connectivity index (χ1) is 8.20. The average molecular weight is 301 g/mol. The third-order valence-corrected chi connectivity index (χ3v) is 3.85. The van der Waals surface area contributed by atoms with Crippen LogP contribution in [0.3, 0.4) is 0 Å². The molecule has 0 saturated heterocycles.